The summed E-state index contributed by atoms with van der Waals surface area (Å²) in [5.74, 6) is 0.212. The molecule has 4 rings (SSSR count). The number of benzene rings is 1. The highest BCUT2D eigenvalue weighted by molar-refractivity contribution is 5.93. The topological polar surface area (TPSA) is 91.0 Å². The fourth-order valence-corrected chi connectivity index (χ4v) is 3.91. The predicted molar refractivity (Wildman–Crippen MR) is 118 cm³/mol. The van der Waals surface area contributed by atoms with Crippen molar-refractivity contribution < 1.29 is 9.59 Å². The second-order valence-corrected chi connectivity index (χ2v) is 8.03. The molecule has 1 saturated heterocycles. The van der Waals surface area contributed by atoms with Crippen LogP contribution in [-0.2, 0) is 4.79 Å². The number of aromatic nitrogens is 3. The maximum absolute atomic E-state index is 12.8. The summed E-state index contributed by atoms with van der Waals surface area (Å²) in [6.45, 7) is 3.86. The zero-order chi connectivity index (χ0) is 21.6. The lowest BCUT2D eigenvalue weighted by Crippen LogP contribution is -2.43. The van der Waals surface area contributed by atoms with Gasteiger partial charge in [-0.15, -0.1) is 0 Å². The number of nitrogens with zero attached hydrogens (tertiary/aromatic N) is 3. The molecule has 1 fully saturated rings. The van der Waals surface area contributed by atoms with E-state index >= 15 is 0 Å². The molecule has 0 aliphatic carbocycles. The number of piperidine rings is 1. The van der Waals surface area contributed by atoms with E-state index < -0.39 is 0 Å². The van der Waals surface area contributed by atoms with E-state index in [2.05, 4.69) is 39.6 Å². The Bertz CT molecular complexity index is 1010. The summed E-state index contributed by atoms with van der Waals surface area (Å²) in [5, 5.41) is 10.2. The van der Waals surface area contributed by atoms with Gasteiger partial charge in [-0.2, -0.15) is 5.10 Å². The van der Waals surface area contributed by atoms with Gasteiger partial charge in [0.2, 0.25) is 5.91 Å². The molecule has 2 aromatic heterocycles. The Labute approximate surface area is 181 Å². The number of pyridine rings is 1. The molecular weight excluding hydrogens is 390 g/mol. The number of H-pyrrole nitrogens is 1. The summed E-state index contributed by atoms with van der Waals surface area (Å²) >= 11 is 0. The zero-order valence-corrected chi connectivity index (χ0v) is 17.6. The molecule has 3 aromatic rings. The first-order valence-corrected chi connectivity index (χ1v) is 10.7. The van der Waals surface area contributed by atoms with E-state index in [0.29, 0.717) is 43.9 Å². The van der Waals surface area contributed by atoms with Crippen LogP contribution in [0.2, 0.25) is 0 Å². The van der Waals surface area contributed by atoms with E-state index in [1.54, 1.807) is 23.4 Å². The molecule has 7 heteroatoms. The number of hydrogen-bond acceptors (Lipinski definition) is 4. The quantitative estimate of drug-likeness (QED) is 0.644. The summed E-state index contributed by atoms with van der Waals surface area (Å²) in [5.41, 5.74) is 3.30. The smallest absolute Gasteiger partial charge is 0.271 e. The summed E-state index contributed by atoms with van der Waals surface area (Å²) < 4.78 is 0. The van der Waals surface area contributed by atoms with Crippen molar-refractivity contribution in [2.45, 2.75) is 25.7 Å². The largest absolute Gasteiger partial charge is 0.355 e. The van der Waals surface area contributed by atoms with Crippen molar-refractivity contribution in [2.75, 3.05) is 19.6 Å². The van der Waals surface area contributed by atoms with Crippen molar-refractivity contribution >= 4 is 11.8 Å². The number of carbonyl (C=O) groups excluding carboxylic acids is 2. The maximum atomic E-state index is 12.8. The zero-order valence-electron chi connectivity index (χ0n) is 17.6. The summed E-state index contributed by atoms with van der Waals surface area (Å²) in [6.07, 6.45) is 4.73. The van der Waals surface area contributed by atoms with E-state index in [-0.39, 0.29) is 23.7 Å². The Kier molecular flexibility index (Phi) is 6.40. The van der Waals surface area contributed by atoms with Crippen LogP contribution in [0.25, 0.3) is 11.3 Å². The van der Waals surface area contributed by atoms with Crippen LogP contribution in [0.5, 0.6) is 0 Å². The van der Waals surface area contributed by atoms with Gasteiger partial charge in [-0.05, 0) is 42.5 Å². The molecule has 1 aliphatic rings. The monoisotopic (exact) mass is 417 g/mol. The molecule has 0 spiro atoms. The first-order valence-electron chi connectivity index (χ1n) is 10.7. The van der Waals surface area contributed by atoms with Crippen molar-refractivity contribution in [3.8, 4) is 11.3 Å². The van der Waals surface area contributed by atoms with Gasteiger partial charge in [0, 0.05) is 43.5 Å². The van der Waals surface area contributed by atoms with Gasteiger partial charge in [-0.25, -0.2) is 0 Å². The standard InChI is InChI=1S/C24H27N5O2/c1-17(18-5-3-2-4-6-18)16-26-23(30)20-9-13-29(14-10-20)24(31)22-15-21(27-28-22)19-7-11-25-12-8-19/h2-8,11-12,15,17,20H,9-10,13-14,16H2,1H3,(H,26,30)(H,27,28)/t17-/m1/s1. The van der Waals surface area contributed by atoms with Gasteiger partial charge in [0.1, 0.15) is 5.69 Å². The molecule has 0 radical (unpaired) electrons. The molecular formula is C24H27N5O2. The average Bonchev–Trinajstić information content (AvgIpc) is 3.33. The molecule has 2 N–H and O–H groups in total. The van der Waals surface area contributed by atoms with Crippen LogP contribution in [0.4, 0.5) is 0 Å². The van der Waals surface area contributed by atoms with Gasteiger partial charge in [-0.3, -0.25) is 19.7 Å². The summed E-state index contributed by atoms with van der Waals surface area (Å²) in [7, 11) is 0. The average molecular weight is 418 g/mol. The molecule has 0 bridgehead atoms. The van der Waals surface area contributed by atoms with Crippen LogP contribution < -0.4 is 5.32 Å². The molecule has 31 heavy (non-hydrogen) atoms. The molecule has 1 aliphatic heterocycles. The van der Waals surface area contributed by atoms with Crippen molar-refractivity contribution in [2.24, 2.45) is 5.92 Å². The normalized spacial score (nSPS) is 15.5. The number of nitrogens with one attached hydrogen (secondary N) is 2. The lowest BCUT2D eigenvalue weighted by Gasteiger charge is -2.31. The molecule has 1 atom stereocenters. The number of likely N-dealkylation sites (tertiary alicyclic amines) is 1. The third-order valence-corrected chi connectivity index (χ3v) is 5.89. The number of rotatable bonds is 6. The Morgan fingerprint density at radius 2 is 1.84 bits per heavy atom. The molecule has 3 heterocycles. The van der Waals surface area contributed by atoms with Crippen molar-refractivity contribution in [1.82, 2.24) is 25.4 Å². The Morgan fingerprint density at radius 1 is 1.13 bits per heavy atom. The number of amides is 2. The van der Waals surface area contributed by atoms with Crippen LogP contribution in [0, 0.1) is 5.92 Å². The van der Waals surface area contributed by atoms with Gasteiger partial charge in [0.15, 0.2) is 0 Å². The third kappa shape index (κ3) is 4.99. The minimum absolute atomic E-state index is 0.0545. The van der Waals surface area contributed by atoms with E-state index in [9.17, 15) is 9.59 Å². The van der Waals surface area contributed by atoms with Crippen molar-refractivity contribution in [3.05, 3.63) is 72.2 Å². The highest BCUT2D eigenvalue weighted by Gasteiger charge is 2.28. The summed E-state index contributed by atoms with van der Waals surface area (Å²) in [4.78, 5) is 31.2. The van der Waals surface area contributed by atoms with Gasteiger partial charge in [-0.1, -0.05) is 37.3 Å². The van der Waals surface area contributed by atoms with E-state index in [1.165, 1.54) is 5.56 Å². The number of aromatic amines is 1. The van der Waals surface area contributed by atoms with Crippen LogP contribution in [-0.4, -0.2) is 51.5 Å². The van der Waals surface area contributed by atoms with Gasteiger partial charge < -0.3 is 10.2 Å². The van der Waals surface area contributed by atoms with Crippen LogP contribution in [0.1, 0.15) is 41.7 Å². The fraction of sp³-hybridized carbons (Fsp3) is 0.333. The number of hydrogen-bond donors (Lipinski definition) is 2. The van der Waals surface area contributed by atoms with Crippen LogP contribution in [0.3, 0.4) is 0 Å². The van der Waals surface area contributed by atoms with Gasteiger partial charge in [0.25, 0.3) is 5.91 Å². The van der Waals surface area contributed by atoms with Crippen molar-refractivity contribution in [1.29, 1.82) is 0 Å². The highest BCUT2D eigenvalue weighted by atomic mass is 16.2. The van der Waals surface area contributed by atoms with Gasteiger partial charge in [0.05, 0.1) is 5.69 Å². The lowest BCUT2D eigenvalue weighted by molar-refractivity contribution is -0.126. The Morgan fingerprint density at radius 3 is 2.55 bits per heavy atom. The molecule has 0 unspecified atom stereocenters. The molecule has 7 nitrogen and oxygen atoms in total. The third-order valence-electron chi connectivity index (χ3n) is 5.89. The minimum atomic E-state index is -0.0793. The highest BCUT2D eigenvalue weighted by Crippen LogP contribution is 2.22. The molecule has 2 amide bonds. The van der Waals surface area contributed by atoms with Crippen LogP contribution >= 0.6 is 0 Å². The second kappa shape index (κ2) is 9.55. The molecule has 0 saturated carbocycles. The SMILES string of the molecule is C[C@H](CNC(=O)C1CCN(C(=O)c2cc(-c3ccncc3)n[nH]2)CC1)c1ccccc1. The summed E-state index contributed by atoms with van der Waals surface area (Å²) in [6, 6.07) is 15.7. The Hall–Kier alpha value is -3.48. The van der Waals surface area contributed by atoms with E-state index in [1.807, 2.05) is 30.3 Å². The van der Waals surface area contributed by atoms with E-state index in [0.717, 1.165) is 5.56 Å². The predicted octanol–water partition coefficient (Wildman–Crippen LogP) is 3.24. The second-order valence-electron chi connectivity index (χ2n) is 8.03. The maximum Gasteiger partial charge on any atom is 0.271 e. The van der Waals surface area contributed by atoms with Crippen LogP contribution in [0.15, 0.2) is 60.9 Å². The fourth-order valence-electron chi connectivity index (χ4n) is 3.91. The molecule has 1 aromatic carbocycles. The minimum Gasteiger partial charge on any atom is -0.355 e. The number of carbonyl (C=O) groups is 2. The lowest BCUT2D eigenvalue weighted by atomic mass is 9.95. The Balaban J connectivity index is 1.27. The van der Waals surface area contributed by atoms with E-state index in [4.69, 9.17) is 0 Å². The van der Waals surface area contributed by atoms with Crippen molar-refractivity contribution in [3.63, 3.8) is 0 Å². The first-order chi connectivity index (χ1) is 15.1. The first kappa shape index (κ1) is 20.8. The van der Waals surface area contributed by atoms with Gasteiger partial charge >= 0.3 is 0 Å². The molecule has 160 valence electrons.